The highest BCUT2D eigenvalue weighted by molar-refractivity contribution is 9.10. The third-order valence-corrected chi connectivity index (χ3v) is 4.22. The second kappa shape index (κ2) is 4.53. The molecule has 0 bridgehead atoms. The number of nitrogens with zero attached hydrogens (tertiary/aromatic N) is 2. The average molecular weight is 312 g/mol. The van der Waals surface area contributed by atoms with Crippen LogP contribution in [-0.4, -0.2) is 23.9 Å². The van der Waals surface area contributed by atoms with Gasteiger partial charge < -0.3 is 10.6 Å². The molecule has 1 aromatic carbocycles. The van der Waals surface area contributed by atoms with E-state index >= 15 is 0 Å². The molecule has 2 aliphatic rings. The quantitative estimate of drug-likeness (QED) is 0.932. The molecule has 1 aliphatic carbocycles. The summed E-state index contributed by atoms with van der Waals surface area (Å²) in [6.07, 6.45) is 2.54. The molecule has 1 saturated carbocycles. The molecule has 0 radical (unpaired) electrons. The molecule has 3 rings (SSSR count). The van der Waals surface area contributed by atoms with Crippen LogP contribution >= 0.6 is 15.9 Å². The van der Waals surface area contributed by atoms with Crippen LogP contribution in [0, 0.1) is 11.7 Å². The van der Waals surface area contributed by atoms with Crippen LogP contribution in [0.25, 0.3) is 0 Å². The Kier molecular flexibility index (Phi) is 3.01. The summed E-state index contributed by atoms with van der Waals surface area (Å²) in [7, 11) is 0. The zero-order valence-corrected chi connectivity index (χ0v) is 11.5. The van der Waals surface area contributed by atoms with Crippen LogP contribution in [-0.2, 0) is 0 Å². The van der Waals surface area contributed by atoms with Crippen LogP contribution in [0.1, 0.15) is 24.4 Å². The van der Waals surface area contributed by atoms with E-state index in [2.05, 4.69) is 25.8 Å². The summed E-state index contributed by atoms with van der Waals surface area (Å²) >= 11 is 3.17. The van der Waals surface area contributed by atoms with Crippen molar-refractivity contribution in [1.82, 2.24) is 4.90 Å². The molecule has 0 amide bonds. The lowest BCUT2D eigenvalue weighted by molar-refractivity contribution is 0.333. The lowest BCUT2D eigenvalue weighted by Crippen LogP contribution is -2.37. The maximum absolute atomic E-state index is 13.6. The van der Waals surface area contributed by atoms with Gasteiger partial charge in [0.1, 0.15) is 5.82 Å². The van der Waals surface area contributed by atoms with E-state index in [4.69, 9.17) is 5.73 Å². The molecule has 1 fully saturated rings. The zero-order chi connectivity index (χ0) is 12.7. The Bertz CT molecular complexity index is 499. The van der Waals surface area contributed by atoms with Gasteiger partial charge in [0.25, 0.3) is 0 Å². The van der Waals surface area contributed by atoms with E-state index in [9.17, 15) is 4.39 Å². The first-order valence-corrected chi connectivity index (χ1v) is 6.96. The number of nitrogens with two attached hydrogens (primary N) is 1. The van der Waals surface area contributed by atoms with Gasteiger partial charge in [-0.3, -0.25) is 4.99 Å². The summed E-state index contributed by atoms with van der Waals surface area (Å²) in [4.78, 5) is 6.41. The molecule has 2 N–H and O–H groups in total. The minimum Gasteiger partial charge on any atom is -0.370 e. The van der Waals surface area contributed by atoms with Crippen molar-refractivity contribution in [3.63, 3.8) is 0 Å². The molecular weight excluding hydrogens is 297 g/mol. The molecule has 1 aliphatic heterocycles. The molecule has 3 nitrogen and oxygen atoms in total. The van der Waals surface area contributed by atoms with Gasteiger partial charge in [0.05, 0.1) is 17.1 Å². The van der Waals surface area contributed by atoms with Crippen molar-refractivity contribution in [3.05, 3.63) is 34.1 Å². The van der Waals surface area contributed by atoms with E-state index in [0.717, 1.165) is 18.0 Å². The van der Waals surface area contributed by atoms with E-state index in [0.29, 0.717) is 17.0 Å². The summed E-state index contributed by atoms with van der Waals surface area (Å²) < 4.78 is 14.1. The summed E-state index contributed by atoms with van der Waals surface area (Å²) in [5.41, 5.74) is 6.87. The van der Waals surface area contributed by atoms with Crippen molar-refractivity contribution in [2.75, 3.05) is 13.1 Å². The summed E-state index contributed by atoms with van der Waals surface area (Å²) in [6.45, 7) is 1.57. The molecule has 0 spiro atoms. The highest BCUT2D eigenvalue weighted by atomic mass is 79.9. The summed E-state index contributed by atoms with van der Waals surface area (Å²) in [5.74, 6) is 1.10. The fraction of sp³-hybridized carbons (Fsp3) is 0.462. The fourth-order valence-electron chi connectivity index (χ4n) is 2.33. The van der Waals surface area contributed by atoms with Crippen LogP contribution < -0.4 is 5.73 Å². The van der Waals surface area contributed by atoms with Gasteiger partial charge >= 0.3 is 0 Å². The second-order valence-corrected chi connectivity index (χ2v) is 5.84. The minimum atomic E-state index is -0.232. The summed E-state index contributed by atoms with van der Waals surface area (Å²) in [5, 5.41) is 0. The Morgan fingerprint density at radius 3 is 2.89 bits per heavy atom. The van der Waals surface area contributed by atoms with Crippen molar-refractivity contribution in [2.45, 2.75) is 18.9 Å². The van der Waals surface area contributed by atoms with Gasteiger partial charge in [-0.2, -0.15) is 0 Å². The van der Waals surface area contributed by atoms with E-state index in [1.807, 2.05) is 6.07 Å². The largest absolute Gasteiger partial charge is 0.370 e. The molecule has 1 aromatic rings. The number of hydrogen-bond acceptors (Lipinski definition) is 3. The third-order valence-electron chi connectivity index (χ3n) is 3.58. The first kappa shape index (κ1) is 12.0. The number of hydrogen-bond donors (Lipinski definition) is 1. The predicted molar refractivity (Wildman–Crippen MR) is 72.8 cm³/mol. The van der Waals surface area contributed by atoms with Crippen LogP contribution in [0.3, 0.4) is 0 Å². The Morgan fingerprint density at radius 1 is 1.44 bits per heavy atom. The van der Waals surface area contributed by atoms with Crippen LogP contribution in [0.15, 0.2) is 27.7 Å². The van der Waals surface area contributed by atoms with Gasteiger partial charge in [0.2, 0.25) is 0 Å². The maximum Gasteiger partial charge on any atom is 0.191 e. The van der Waals surface area contributed by atoms with Gasteiger partial charge in [-0.15, -0.1) is 0 Å². The molecule has 96 valence electrons. The normalized spacial score (nSPS) is 23.3. The third kappa shape index (κ3) is 2.23. The molecular formula is C13H15BrFN3. The Morgan fingerprint density at radius 2 is 2.22 bits per heavy atom. The predicted octanol–water partition coefficient (Wildman–Crippen LogP) is 2.67. The molecule has 0 aromatic heterocycles. The van der Waals surface area contributed by atoms with Crippen LogP contribution in [0.4, 0.5) is 4.39 Å². The summed E-state index contributed by atoms with van der Waals surface area (Å²) in [6, 6.07) is 5.34. The SMILES string of the molecule is NC1=NCC(c2ccc(Br)c(F)c2)N1CC1CC1. The lowest BCUT2D eigenvalue weighted by Gasteiger charge is -2.26. The topological polar surface area (TPSA) is 41.6 Å². The lowest BCUT2D eigenvalue weighted by atomic mass is 10.1. The number of aliphatic imine (C=N–C) groups is 1. The van der Waals surface area contributed by atoms with Crippen LogP contribution in [0.5, 0.6) is 0 Å². The second-order valence-electron chi connectivity index (χ2n) is 4.98. The smallest absolute Gasteiger partial charge is 0.191 e. The van der Waals surface area contributed by atoms with Crippen LogP contribution in [0.2, 0.25) is 0 Å². The van der Waals surface area contributed by atoms with E-state index in [1.165, 1.54) is 12.8 Å². The van der Waals surface area contributed by atoms with E-state index in [-0.39, 0.29) is 11.9 Å². The number of halogens is 2. The molecule has 0 saturated heterocycles. The average Bonchev–Trinajstić information content (AvgIpc) is 3.09. The van der Waals surface area contributed by atoms with Gasteiger partial charge in [-0.1, -0.05) is 6.07 Å². The van der Waals surface area contributed by atoms with Crippen molar-refractivity contribution in [3.8, 4) is 0 Å². The fourth-order valence-corrected chi connectivity index (χ4v) is 2.58. The first-order chi connectivity index (χ1) is 8.65. The van der Waals surface area contributed by atoms with Gasteiger partial charge in [-0.25, -0.2) is 4.39 Å². The first-order valence-electron chi connectivity index (χ1n) is 6.16. The van der Waals surface area contributed by atoms with Gasteiger partial charge in [0.15, 0.2) is 5.96 Å². The monoisotopic (exact) mass is 311 g/mol. The highest BCUT2D eigenvalue weighted by Gasteiger charge is 2.33. The standard InChI is InChI=1S/C13H15BrFN3/c14-10-4-3-9(5-11(10)15)12-6-17-13(16)18(12)7-8-1-2-8/h3-5,8,12H,1-2,6-7H2,(H2,16,17). The molecule has 5 heteroatoms. The Labute approximate surface area is 114 Å². The maximum atomic E-state index is 13.6. The Balaban J connectivity index is 1.83. The number of rotatable bonds is 3. The number of benzene rings is 1. The molecule has 18 heavy (non-hydrogen) atoms. The molecule has 1 atom stereocenters. The molecule has 1 heterocycles. The van der Waals surface area contributed by atoms with Gasteiger partial charge in [-0.05, 0) is 52.4 Å². The Hall–Kier alpha value is -1.10. The highest BCUT2D eigenvalue weighted by Crippen LogP contribution is 2.35. The molecule has 1 unspecified atom stereocenters. The van der Waals surface area contributed by atoms with Crippen molar-refractivity contribution in [1.29, 1.82) is 0 Å². The van der Waals surface area contributed by atoms with Crippen molar-refractivity contribution < 1.29 is 4.39 Å². The van der Waals surface area contributed by atoms with E-state index in [1.54, 1.807) is 12.1 Å². The minimum absolute atomic E-state index is 0.0909. The van der Waals surface area contributed by atoms with Crippen molar-refractivity contribution >= 4 is 21.9 Å². The zero-order valence-electron chi connectivity index (χ0n) is 9.94. The van der Waals surface area contributed by atoms with E-state index < -0.39 is 0 Å². The van der Waals surface area contributed by atoms with Gasteiger partial charge in [0, 0.05) is 6.54 Å². The van der Waals surface area contributed by atoms with Crippen molar-refractivity contribution in [2.24, 2.45) is 16.6 Å². The number of guanidine groups is 1.